The zero-order chi connectivity index (χ0) is 38.3. The van der Waals surface area contributed by atoms with E-state index in [0.717, 1.165) is 34.7 Å². The number of fused-ring (bicyclic) bond motifs is 5. The lowest BCUT2D eigenvalue weighted by Crippen LogP contribution is -2.60. The molecule has 2 saturated carbocycles. The predicted octanol–water partition coefficient (Wildman–Crippen LogP) is 4.30. The third-order valence-electron chi connectivity index (χ3n) is 10.9. The number of ether oxygens (including phenoxy) is 3. The van der Waals surface area contributed by atoms with Crippen molar-refractivity contribution < 1.29 is 41.8 Å². The molecule has 0 unspecified atom stereocenters. The summed E-state index contributed by atoms with van der Waals surface area (Å²) in [6.07, 6.45) is 8.02. The molecule has 3 N–H and O–H groups in total. The normalized spacial score (nSPS) is 28.6. The average molecular weight is 751 g/mol. The highest BCUT2D eigenvalue weighted by molar-refractivity contribution is 7.91. The van der Waals surface area contributed by atoms with Crippen LogP contribution in [-0.4, -0.2) is 87.4 Å². The SMILES string of the molecule is C=C[C@@H]1C[C@]1(NC(=O)[C@@H]1C[C@]2(OC)CN1C(=O)[C@H](C(C)(C)C)NC(=O)OCCCC/C=C/c1cc3cc2ccc3cc1OC)C(=O)NS(=O)(=O)C1CC1. The largest absolute Gasteiger partial charge is 0.496 e. The highest BCUT2D eigenvalue weighted by atomic mass is 32.2. The first-order valence-electron chi connectivity index (χ1n) is 18.2. The van der Waals surface area contributed by atoms with Crippen LogP contribution in [-0.2, 0) is 39.5 Å². The fourth-order valence-electron chi connectivity index (χ4n) is 7.43. The lowest BCUT2D eigenvalue weighted by molar-refractivity contribution is -0.143. The van der Waals surface area contributed by atoms with Gasteiger partial charge >= 0.3 is 6.09 Å². The average Bonchev–Trinajstić information content (AvgIpc) is 4.05. The van der Waals surface area contributed by atoms with Gasteiger partial charge in [-0.25, -0.2) is 13.2 Å². The Morgan fingerprint density at radius 2 is 1.83 bits per heavy atom. The summed E-state index contributed by atoms with van der Waals surface area (Å²) >= 11 is 0. The van der Waals surface area contributed by atoms with E-state index >= 15 is 0 Å². The molecule has 53 heavy (non-hydrogen) atoms. The molecule has 14 heteroatoms. The number of nitrogens with one attached hydrogen (secondary N) is 3. The molecule has 2 aromatic carbocycles. The number of carbonyl (C=O) groups is 4. The summed E-state index contributed by atoms with van der Waals surface area (Å²) in [7, 11) is -0.762. The number of hydrogen-bond acceptors (Lipinski definition) is 9. The van der Waals surface area contributed by atoms with Crippen molar-refractivity contribution in [3.05, 3.63) is 60.2 Å². The fraction of sp³-hybridized carbons (Fsp3) is 0.538. The molecular weight excluding hydrogens is 701 g/mol. The smallest absolute Gasteiger partial charge is 0.407 e. The Hall–Kier alpha value is -4.43. The number of allylic oxidation sites excluding steroid dienone is 1. The molecule has 4 amide bonds. The van der Waals surface area contributed by atoms with Crippen molar-refractivity contribution in [3.8, 4) is 5.75 Å². The number of rotatable bonds is 8. The van der Waals surface area contributed by atoms with E-state index in [1.165, 1.54) is 18.1 Å². The summed E-state index contributed by atoms with van der Waals surface area (Å²) < 4.78 is 45.1. The Labute approximate surface area is 310 Å². The van der Waals surface area contributed by atoms with Gasteiger partial charge in [0.05, 0.1) is 25.5 Å². The number of sulfonamides is 1. The minimum atomic E-state index is -3.90. The van der Waals surface area contributed by atoms with E-state index in [2.05, 4.69) is 28.0 Å². The van der Waals surface area contributed by atoms with Crippen LogP contribution in [0.5, 0.6) is 5.75 Å². The third kappa shape index (κ3) is 7.66. The Balaban J connectivity index is 1.42. The lowest BCUT2D eigenvalue weighted by Gasteiger charge is -2.36. The lowest BCUT2D eigenvalue weighted by atomic mass is 9.85. The molecule has 0 aromatic heterocycles. The topological polar surface area (TPSA) is 169 Å². The zero-order valence-corrected chi connectivity index (χ0v) is 31.8. The zero-order valence-electron chi connectivity index (χ0n) is 31.0. The van der Waals surface area contributed by atoms with Crippen LogP contribution in [0, 0.1) is 11.3 Å². The molecule has 6 rings (SSSR count). The van der Waals surface area contributed by atoms with Crippen molar-refractivity contribution in [2.75, 3.05) is 27.4 Å². The van der Waals surface area contributed by atoms with Crippen LogP contribution in [0.1, 0.15) is 76.8 Å². The summed E-state index contributed by atoms with van der Waals surface area (Å²) in [6, 6.07) is 7.53. The van der Waals surface area contributed by atoms with E-state index in [-0.39, 0.29) is 26.0 Å². The summed E-state index contributed by atoms with van der Waals surface area (Å²) in [6.45, 7) is 9.31. The predicted molar refractivity (Wildman–Crippen MR) is 199 cm³/mol. The van der Waals surface area contributed by atoms with Crippen LogP contribution >= 0.6 is 0 Å². The molecule has 2 heterocycles. The highest BCUT2D eigenvalue weighted by Crippen LogP contribution is 2.47. The van der Waals surface area contributed by atoms with Gasteiger partial charge in [0, 0.05) is 25.0 Å². The van der Waals surface area contributed by atoms with Crippen molar-refractivity contribution in [2.24, 2.45) is 11.3 Å². The van der Waals surface area contributed by atoms with Gasteiger partial charge in [-0.1, -0.05) is 51.1 Å². The quantitative estimate of drug-likeness (QED) is 0.333. The first-order chi connectivity index (χ1) is 25.1. The standard InChI is InChI=1S/C39H50N4O9S/c1-7-27-21-39(27,35(46)42-53(48,49)29-15-16-29)41-33(44)30-22-38(51-6)23-43(30)34(45)32(37(2,3)4)40-36(47)52-17-11-9-8-10-12-25-18-26-19-28(38)14-13-24(26)20-31(25)50-5/h7,10,12-14,18-20,27,29-30,32H,1,8-9,11,15-17,21-23H2,2-6H3,(H,40,47)(H,41,44)(H,42,46)/b12-10+/t27-,30+,32-,38+,39-/m1/s1. The number of cyclic esters (lactones) is 1. The maximum Gasteiger partial charge on any atom is 0.407 e. The van der Waals surface area contributed by atoms with Gasteiger partial charge in [-0.3, -0.25) is 19.1 Å². The second-order valence-corrected chi connectivity index (χ2v) is 17.7. The summed E-state index contributed by atoms with van der Waals surface area (Å²) in [5.41, 5.74) is -1.95. The molecule has 4 aliphatic rings. The summed E-state index contributed by atoms with van der Waals surface area (Å²) in [5, 5.41) is 6.77. The summed E-state index contributed by atoms with van der Waals surface area (Å²) in [4.78, 5) is 57.3. The molecule has 5 atom stereocenters. The van der Waals surface area contributed by atoms with Crippen LogP contribution in [0.2, 0.25) is 0 Å². The number of methoxy groups -OCH3 is 2. The third-order valence-corrected chi connectivity index (χ3v) is 12.8. The first kappa shape index (κ1) is 38.3. The van der Waals surface area contributed by atoms with Crippen molar-refractivity contribution >= 4 is 50.7 Å². The second-order valence-electron chi connectivity index (χ2n) is 15.7. The molecular formula is C39H50N4O9S. The van der Waals surface area contributed by atoms with Crippen molar-refractivity contribution in [3.63, 3.8) is 0 Å². The number of alkyl carbamates (subject to hydrolysis) is 1. The number of amides is 4. The monoisotopic (exact) mass is 750 g/mol. The summed E-state index contributed by atoms with van der Waals surface area (Å²) in [5.74, 6) is -1.84. The van der Waals surface area contributed by atoms with E-state index in [1.807, 2.05) is 36.4 Å². The Morgan fingerprint density at radius 1 is 1.08 bits per heavy atom. The van der Waals surface area contributed by atoms with Gasteiger partial charge < -0.3 is 29.7 Å². The van der Waals surface area contributed by atoms with E-state index in [4.69, 9.17) is 14.2 Å². The fourth-order valence-corrected chi connectivity index (χ4v) is 8.79. The molecule has 1 saturated heterocycles. The van der Waals surface area contributed by atoms with Gasteiger partial charge in [0.1, 0.15) is 29.0 Å². The Kier molecular flexibility index (Phi) is 10.4. The molecule has 3 fully saturated rings. The van der Waals surface area contributed by atoms with Crippen LogP contribution in [0.25, 0.3) is 16.8 Å². The minimum Gasteiger partial charge on any atom is -0.496 e. The van der Waals surface area contributed by atoms with E-state index in [9.17, 15) is 27.6 Å². The Bertz CT molecular complexity index is 1950. The van der Waals surface area contributed by atoms with Gasteiger partial charge in [-0.05, 0) is 78.5 Å². The minimum absolute atomic E-state index is 0.00757. The van der Waals surface area contributed by atoms with Crippen molar-refractivity contribution in [2.45, 2.75) is 94.2 Å². The maximum atomic E-state index is 14.7. The van der Waals surface area contributed by atoms with Crippen molar-refractivity contribution in [1.82, 2.24) is 20.3 Å². The molecule has 2 aliphatic carbocycles. The number of nitrogens with zero attached hydrogens (tertiary/aromatic N) is 1. The second kappa shape index (κ2) is 14.4. The highest BCUT2D eigenvalue weighted by Gasteiger charge is 2.62. The molecule has 2 aliphatic heterocycles. The van der Waals surface area contributed by atoms with E-state index in [0.29, 0.717) is 25.0 Å². The molecule has 2 aromatic rings. The van der Waals surface area contributed by atoms with Gasteiger partial charge in [0.15, 0.2) is 0 Å². The molecule has 0 spiro atoms. The van der Waals surface area contributed by atoms with Crippen LogP contribution in [0.15, 0.2) is 49.1 Å². The molecule has 5 bridgehead atoms. The maximum absolute atomic E-state index is 14.7. The number of benzene rings is 2. The van der Waals surface area contributed by atoms with Crippen LogP contribution < -0.4 is 20.1 Å². The Morgan fingerprint density at radius 3 is 2.47 bits per heavy atom. The molecule has 0 radical (unpaired) electrons. The number of carbonyl (C=O) groups excluding carboxylic acids is 4. The molecule has 13 nitrogen and oxygen atoms in total. The van der Waals surface area contributed by atoms with Gasteiger partial charge in [0.25, 0.3) is 5.91 Å². The van der Waals surface area contributed by atoms with Crippen molar-refractivity contribution in [1.29, 1.82) is 0 Å². The van der Waals surface area contributed by atoms with Gasteiger partial charge in [0.2, 0.25) is 21.8 Å². The van der Waals surface area contributed by atoms with E-state index < -0.39 is 73.6 Å². The van der Waals surface area contributed by atoms with Gasteiger partial charge in [-0.2, -0.15) is 0 Å². The number of hydrogen-bond donors (Lipinski definition) is 3. The molecule has 286 valence electrons. The van der Waals surface area contributed by atoms with E-state index in [1.54, 1.807) is 27.9 Å². The van der Waals surface area contributed by atoms with Crippen LogP contribution in [0.4, 0.5) is 4.79 Å². The van der Waals surface area contributed by atoms with Gasteiger partial charge in [-0.15, -0.1) is 6.58 Å². The van der Waals surface area contributed by atoms with Crippen LogP contribution in [0.3, 0.4) is 0 Å². The first-order valence-corrected chi connectivity index (χ1v) is 19.7.